The fraction of sp³-hybridized carbons (Fsp3) is 0.636. The molecule has 0 aliphatic heterocycles. The van der Waals surface area contributed by atoms with Crippen LogP contribution < -0.4 is 0 Å². The highest BCUT2D eigenvalue weighted by atomic mass is 79.9. The maximum absolute atomic E-state index is 9.50. The highest BCUT2D eigenvalue weighted by molar-refractivity contribution is 9.10. The third-order valence-corrected chi connectivity index (χ3v) is 5.15. The normalized spacial score (nSPS) is 20.1. The maximum Gasteiger partial charge on any atom is 0.0490 e. The van der Waals surface area contributed by atoms with Gasteiger partial charge in [-0.3, -0.25) is 0 Å². The first-order chi connectivity index (χ1) is 6.76. The number of aliphatic hydroxyl groups is 1. The molecule has 1 saturated carbocycles. The Kier molecular flexibility index (Phi) is 3.30. The Balaban J connectivity index is 2.12. The highest BCUT2D eigenvalue weighted by Crippen LogP contribution is 2.42. The van der Waals surface area contributed by atoms with Gasteiger partial charge in [0, 0.05) is 16.0 Å². The molecule has 78 valence electrons. The maximum atomic E-state index is 9.50. The van der Waals surface area contributed by atoms with Gasteiger partial charge in [0.2, 0.25) is 0 Å². The van der Waals surface area contributed by atoms with Gasteiger partial charge in [-0.25, -0.2) is 0 Å². The second-order valence-corrected chi connectivity index (χ2v) is 6.09. The first-order valence-electron chi connectivity index (χ1n) is 5.08. The van der Waals surface area contributed by atoms with Crippen molar-refractivity contribution < 1.29 is 5.11 Å². The largest absolute Gasteiger partial charge is 0.396 e. The number of aliphatic hydroxyl groups excluding tert-OH is 1. The van der Waals surface area contributed by atoms with Gasteiger partial charge in [0.1, 0.15) is 0 Å². The number of hydrogen-bond donors (Lipinski definition) is 1. The van der Waals surface area contributed by atoms with Gasteiger partial charge < -0.3 is 5.11 Å². The van der Waals surface area contributed by atoms with E-state index >= 15 is 0 Å². The molecule has 0 bridgehead atoms. The molecule has 3 heteroatoms. The lowest BCUT2D eigenvalue weighted by molar-refractivity contribution is 0.131. The number of thiophene rings is 1. The van der Waals surface area contributed by atoms with Crippen molar-refractivity contribution in [3.63, 3.8) is 0 Å². The summed E-state index contributed by atoms with van der Waals surface area (Å²) in [5.41, 5.74) is 0.188. The third kappa shape index (κ3) is 2.05. The van der Waals surface area contributed by atoms with Crippen LogP contribution in [0.5, 0.6) is 0 Å². The summed E-state index contributed by atoms with van der Waals surface area (Å²) >= 11 is 5.35. The van der Waals surface area contributed by atoms with Crippen molar-refractivity contribution in [2.75, 3.05) is 6.61 Å². The lowest BCUT2D eigenvalue weighted by Gasteiger charge is -2.25. The zero-order chi connectivity index (χ0) is 10.0. The Hall–Kier alpha value is 0.140. The Bertz CT molecular complexity index is 302. The summed E-state index contributed by atoms with van der Waals surface area (Å²) in [5, 5.41) is 11.6. The monoisotopic (exact) mass is 274 g/mol. The minimum atomic E-state index is 0.188. The molecule has 1 N–H and O–H groups in total. The summed E-state index contributed by atoms with van der Waals surface area (Å²) in [6.07, 6.45) is 5.98. The van der Waals surface area contributed by atoms with Crippen molar-refractivity contribution in [2.45, 2.75) is 32.1 Å². The Morgan fingerprint density at radius 2 is 2.14 bits per heavy atom. The van der Waals surface area contributed by atoms with E-state index in [0.29, 0.717) is 6.61 Å². The zero-order valence-electron chi connectivity index (χ0n) is 8.13. The Labute approximate surface area is 97.3 Å². The Morgan fingerprint density at radius 3 is 2.64 bits per heavy atom. The van der Waals surface area contributed by atoms with Crippen molar-refractivity contribution in [3.05, 3.63) is 20.8 Å². The van der Waals surface area contributed by atoms with E-state index in [1.54, 1.807) is 11.3 Å². The molecular weight excluding hydrogens is 260 g/mol. The predicted molar refractivity (Wildman–Crippen MR) is 63.7 cm³/mol. The van der Waals surface area contributed by atoms with Gasteiger partial charge in [-0.2, -0.15) is 0 Å². The lowest BCUT2D eigenvalue weighted by Crippen LogP contribution is -2.23. The Morgan fingerprint density at radius 1 is 1.43 bits per heavy atom. The van der Waals surface area contributed by atoms with Gasteiger partial charge in [0.25, 0.3) is 0 Å². The van der Waals surface area contributed by atoms with Crippen molar-refractivity contribution in [1.29, 1.82) is 0 Å². The second-order valence-electron chi connectivity index (χ2n) is 4.23. The van der Waals surface area contributed by atoms with Gasteiger partial charge in [0.15, 0.2) is 0 Å². The molecule has 1 aromatic rings. The third-order valence-electron chi connectivity index (χ3n) is 3.23. The minimum absolute atomic E-state index is 0.188. The molecular formula is C11H15BrOS. The van der Waals surface area contributed by atoms with Crippen LogP contribution in [0.4, 0.5) is 0 Å². The summed E-state index contributed by atoms with van der Waals surface area (Å²) in [6.45, 7) is 0.345. The average molecular weight is 275 g/mol. The van der Waals surface area contributed by atoms with E-state index in [1.165, 1.54) is 35.0 Å². The molecule has 2 rings (SSSR count). The van der Waals surface area contributed by atoms with Crippen LogP contribution >= 0.6 is 27.3 Å². The van der Waals surface area contributed by atoms with Crippen molar-refractivity contribution in [1.82, 2.24) is 0 Å². The van der Waals surface area contributed by atoms with E-state index < -0.39 is 0 Å². The summed E-state index contributed by atoms with van der Waals surface area (Å²) < 4.78 is 1.21. The molecule has 0 amide bonds. The molecule has 1 heterocycles. The topological polar surface area (TPSA) is 20.2 Å². The molecule has 0 saturated heterocycles. The smallest absolute Gasteiger partial charge is 0.0490 e. The standard InChI is InChI=1S/C11H15BrOS/c12-9-3-6-14-10(9)7-11(8-13)4-1-2-5-11/h3,6,13H,1-2,4-5,7-8H2. The lowest BCUT2D eigenvalue weighted by atomic mass is 9.83. The van der Waals surface area contributed by atoms with Gasteiger partial charge in [0.05, 0.1) is 0 Å². The molecule has 1 nitrogen and oxygen atoms in total. The van der Waals surface area contributed by atoms with E-state index in [4.69, 9.17) is 0 Å². The van der Waals surface area contributed by atoms with E-state index in [9.17, 15) is 5.11 Å². The van der Waals surface area contributed by atoms with E-state index in [1.807, 2.05) is 0 Å². The molecule has 1 aliphatic carbocycles. The van der Waals surface area contributed by atoms with Gasteiger partial charge in [-0.1, -0.05) is 12.8 Å². The van der Waals surface area contributed by atoms with Crippen LogP contribution in [0.3, 0.4) is 0 Å². The van der Waals surface area contributed by atoms with Crippen LogP contribution in [0.15, 0.2) is 15.9 Å². The molecule has 1 fully saturated rings. The van der Waals surface area contributed by atoms with E-state index in [-0.39, 0.29) is 5.41 Å². The predicted octanol–water partition coefficient (Wildman–Crippen LogP) is 3.61. The van der Waals surface area contributed by atoms with Crippen LogP contribution in [-0.2, 0) is 6.42 Å². The number of rotatable bonds is 3. The van der Waals surface area contributed by atoms with Crippen LogP contribution in [-0.4, -0.2) is 11.7 Å². The molecule has 0 unspecified atom stereocenters. The second kappa shape index (κ2) is 4.33. The minimum Gasteiger partial charge on any atom is -0.396 e. The van der Waals surface area contributed by atoms with Crippen molar-refractivity contribution in [2.24, 2.45) is 5.41 Å². The van der Waals surface area contributed by atoms with E-state index in [0.717, 1.165) is 6.42 Å². The summed E-state index contributed by atoms with van der Waals surface area (Å²) in [4.78, 5) is 1.39. The molecule has 0 aromatic carbocycles. The van der Waals surface area contributed by atoms with Crippen LogP contribution in [0.25, 0.3) is 0 Å². The fourth-order valence-corrected chi connectivity index (χ4v) is 3.97. The summed E-state index contributed by atoms with van der Waals surface area (Å²) in [7, 11) is 0. The quantitative estimate of drug-likeness (QED) is 0.893. The number of halogens is 1. The first kappa shape index (κ1) is 10.7. The first-order valence-corrected chi connectivity index (χ1v) is 6.76. The van der Waals surface area contributed by atoms with Crippen LogP contribution in [0.1, 0.15) is 30.6 Å². The molecule has 0 spiro atoms. The van der Waals surface area contributed by atoms with Gasteiger partial charge >= 0.3 is 0 Å². The SMILES string of the molecule is OCC1(Cc2sccc2Br)CCCC1. The van der Waals surface area contributed by atoms with Crippen LogP contribution in [0.2, 0.25) is 0 Å². The molecule has 14 heavy (non-hydrogen) atoms. The van der Waals surface area contributed by atoms with E-state index in [2.05, 4.69) is 27.4 Å². The van der Waals surface area contributed by atoms with Gasteiger partial charge in [-0.05, 0) is 52.1 Å². The molecule has 0 atom stereocenters. The van der Waals surface area contributed by atoms with Crippen LogP contribution in [0, 0.1) is 5.41 Å². The molecule has 1 aliphatic rings. The summed E-state index contributed by atoms with van der Waals surface area (Å²) in [5.74, 6) is 0. The molecule has 1 aromatic heterocycles. The highest BCUT2D eigenvalue weighted by Gasteiger charge is 2.33. The van der Waals surface area contributed by atoms with Crippen molar-refractivity contribution >= 4 is 27.3 Å². The zero-order valence-corrected chi connectivity index (χ0v) is 10.5. The molecule has 0 radical (unpaired) electrons. The summed E-state index contributed by atoms with van der Waals surface area (Å²) in [6, 6.07) is 2.10. The van der Waals surface area contributed by atoms with Gasteiger partial charge in [-0.15, -0.1) is 11.3 Å². The fourth-order valence-electron chi connectivity index (χ4n) is 2.31. The van der Waals surface area contributed by atoms with Crippen molar-refractivity contribution in [3.8, 4) is 0 Å². The number of hydrogen-bond acceptors (Lipinski definition) is 2. The average Bonchev–Trinajstić information content (AvgIpc) is 2.79.